The van der Waals surface area contributed by atoms with Gasteiger partial charge >= 0.3 is 0 Å². The Labute approximate surface area is 132 Å². The first-order chi connectivity index (χ1) is 10.1. The topological polar surface area (TPSA) is 45.5 Å². The van der Waals surface area contributed by atoms with Crippen LogP contribution in [0.25, 0.3) is 4.96 Å². The highest BCUT2D eigenvalue weighted by Crippen LogP contribution is 2.25. The standard InChI is InChI=1S/C14H19N5S2/c1-10(2)15-6-12-13(17-14-19(12)4-5-21-14)18(3)7-11-8-20-9-16-11/h4-5,8-10,15H,6-7H2,1-3H3. The van der Waals surface area contributed by atoms with Gasteiger partial charge in [0.2, 0.25) is 0 Å². The molecule has 3 aromatic heterocycles. The van der Waals surface area contributed by atoms with Crippen LogP contribution in [-0.2, 0) is 13.1 Å². The molecular weight excluding hydrogens is 302 g/mol. The summed E-state index contributed by atoms with van der Waals surface area (Å²) in [7, 11) is 2.07. The summed E-state index contributed by atoms with van der Waals surface area (Å²) in [5.41, 5.74) is 4.16. The summed E-state index contributed by atoms with van der Waals surface area (Å²) in [6.07, 6.45) is 2.09. The monoisotopic (exact) mass is 321 g/mol. The van der Waals surface area contributed by atoms with Crippen LogP contribution in [0, 0.1) is 0 Å². The number of hydrogen-bond donors (Lipinski definition) is 1. The van der Waals surface area contributed by atoms with Gasteiger partial charge in [0.1, 0.15) is 0 Å². The van der Waals surface area contributed by atoms with Gasteiger partial charge in [0.15, 0.2) is 10.8 Å². The third-order valence-corrected chi connectivity index (χ3v) is 4.65. The van der Waals surface area contributed by atoms with Gasteiger partial charge in [-0.3, -0.25) is 4.40 Å². The zero-order valence-electron chi connectivity index (χ0n) is 12.4. The van der Waals surface area contributed by atoms with Crippen LogP contribution < -0.4 is 10.2 Å². The average Bonchev–Trinajstić information content (AvgIpc) is 3.12. The quantitative estimate of drug-likeness (QED) is 0.758. The van der Waals surface area contributed by atoms with Gasteiger partial charge in [-0.2, -0.15) is 0 Å². The molecule has 0 fully saturated rings. The van der Waals surface area contributed by atoms with Crippen molar-refractivity contribution in [3.05, 3.63) is 33.9 Å². The van der Waals surface area contributed by atoms with Gasteiger partial charge in [0.05, 0.1) is 23.4 Å². The highest BCUT2D eigenvalue weighted by Gasteiger charge is 2.17. The van der Waals surface area contributed by atoms with Crippen molar-refractivity contribution in [2.75, 3.05) is 11.9 Å². The van der Waals surface area contributed by atoms with E-state index in [4.69, 9.17) is 4.98 Å². The van der Waals surface area contributed by atoms with Crippen molar-refractivity contribution in [1.29, 1.82) is 0 Å². The van der Waals surface area contributed by atoms with E-state index in [0.717, 1.165) is 29.6 Å². The van der Waals surface area contributed by atoms with Crippen LogP contribution in [-0.4, -0.2) is 27.5 Å². The molecule has 0 aromatic carbocycles. The minimum absolute atomic E-state index is 0.450. The summed E-state index contributed by atoms with van der Waals surface area (Å²) < 4.78 is 2.17. The first-order valence-corrected chi connectivity index (χ1v) is 8.73. The number of anilines is 1. The van der Waals surface area contributed by atoms with Crippen molar-refractivity contribution in [2.24, 2.45) is 0 Å². The summed E-state index contributed by atoms with van der Waals surface area (Å²) >= 11 is 3.29. The predicted octanol–water partition coefficient (Wildman–Crippen LogP) is 2.99. The number of nitrogens with zero attached hydrogens (tertiary/aromatic N) is 4. The van der Waals surface area contributed by atoms with E-state index in [1.54, 1.807) is 22.7 Å². The maximum absolute atomic E-state index is 4.77. The van der Waals surface area contributed by atoms with E-state index in [-0.39, 0.29) is 0 Å². The normalized spacial score (nSPS) is 11.6. The lowest BCUT2D eigenvalue weighted by Gasteiger charge is -2.18. The van der Waals surface area contributed by atoms with Gasteiger partial charge in [-0.05, 0) is 0 Å². The molecule has 0 saturated heterocycles. The van der Waals surface area contributed by atoms with Gasteiger partial charge < -0.3 is 10.2 Å². The molecule has 3 aromatic rings. The smallest absolute Gasteiger partial charge is 0.195 e. The Hall–Kier alpha value is -1.44. The number of thiazole rings is 2. The molecular formula is C14H19N5S2. The minimum Gasteiger partial charge on any atom is -0.352 e. The minimum atomic E-state index is 0.450. The molecule has 0 unspecified atom stereocenters. The Morgan fingerprint density at radius 2 is 2.29 bits per heavy atom. The third kappa shape index (κ3) is 3.09. The molecule has 21 heavy (non-hydrogen) atoms. The molecule has 0 atom stereocenters. The molecule has 112 valence electrons. The average molecular weight is 321 g/mol. The number of aromatic nitrogens is 3. The second-order valence-corrected chi connectivity index (χ2v) is 6.90. The molecule has 7 heteroatoms. The maximum Gasteiger partial charge on any atom is 0.195 e. The highest BCUT2D eigenvalue weighted by molar-refractivity contribution is 7.15. The van der Waals surface area contributed by atoms with Gasteiger partial charge in [0, 0.05) is 36.6 Å². The fourth-order valence-electron chi connectivity index (χ4n) is 2.23. The Morgan fingerprint density at radius 3 is 3.00 bits per heavy atom. The van der Waals surface area contributed by atoms with Crippen LogP contribution in [0.2, 0.25) is 0 Å². The lowest BCUT2D eigenvalue weighted by molar-refractivity contribution is 0.579. The van der Waals surface area contributed by atoms with Crippen LogP contribution in [0.5, 0.6) is 0 Å². The summed E-state index contributed by atoms with van der Waals surface area (Å²) in [4.78, 5) is 12.3. The maximum atomic E-state index is 4.77. The van der Waals surface area contributed by atoms with E-state index in [2.05, 4.69) is 57.5 Å². The summed E-state index contributed by atoms with van der Waals surface area (Å²) in [6, 6.07) is 0.450. The largest absolute Gasteiger partial charge is 0.352 e. The van der Waals surface area contributed by atoms with Crippen molar-refractivity contribution in [1.82, 2.24) is 19.7 Å². The fourth-order valence-corrected chi connectivity index (χ4v) is 3.50. The van der Waals surface area contributed by atoms with E-state index in [1.807, 2.05) is 5.51 Å². The van der Waals surface area contributed by atoms with Crippen LogP contribution in [0.4, 0.5) is 5.82 Å². The molecule has 3 heterocycles. The third-order valence-electron chi connectivity index (χ3n) is 3.26. The predicted molar refractivity (Wildman–Crippen MR) is 89.3 cm³/mol. The van der Waals surface area contributed by atoms with Crippen molar-refractivity contribution < 1.29 is 0 Å². The lowest BCUT2D eigenvalue weighted by atomic mass is 10.3. The van der Waals surface area contributed by atoms with E-state index < -0.39 is 0 Å². The van der Waals surface area contributed by atoms with Gasteiger partial charge in [-0.25, -0.2) is 9.97 Å². The number of rotatable bonds is 6. The molecule has 5 nitrogen and oxygen atoms in total. The van der Waals surface area contributed by atoms with Gasteiger partial charge in [-0.15, -0.1) is 22.7 Å². The number of nitrogens with one attached hydrogen (secondary N) is 1. The van der Waals surface area contributed by atoms with E-state index in [9.17, 15) is 0 Å². The van der Waals surface area contributed by atoms with Crippen LogP contribution in [0.3, 0.4) is 0 Å². The lowest BCUT2D eigenvalue weighted by Crippen LogP contribution is -2.25. The van der Waals surface area contributed by atoms with Gasteiger partial charge in [-0.1, -0.05) is 13.8 Å². The summed E-state index contributed by atoms with van der Waals surface area (Å²) in [5.74, 6) is 1.03. The SMILES string of the molecule is CC(C)NCc1c(N(C)Cc2cscn2)nc2sccn12. The number of fused-ring (bicyclic) bond motifs is 1. The van der Waals surface area contributed by atoms with Crippen LogP contribution in [0.1, 0.15) is 25.2 Å². The zero-order valence-corrected chi connectivity index (χ0v) is 14.0. The molecule has 0 saturated carbocycles. The molecule has 3 rings (SSSR count). The second kappa shape index (κ2) is 6.13. The number of hydrogen-bond acceptors (Lipinski definition) is 6. The first-order valence-electron chi connectivity index (χ1n) is 6.91. The summed E-state index contributed by atoms with van der Waals surface area (Å²) in [6.45, 7) is 5.91. The van der Waals surface area contributed by atoms with Crippen LogP contribution in [0.15, 0.2) is 22.5 Å². The highest BCUT2D eigenvalue weighted by atomic mass is 32.1. The summed E-state index contributed by atoms with van der Waals surface area (Å²) in [5, 5.41) is 7.65. The van der Waals surface area contributed by atoms with E-state index in [0.29, 0.717) is 6.04 Å². The molecule has 0 aliphatic carbocycles. The van der Waals surface area contributed by atoms with Crippen LogP contribution >= 0.6 is 22.7 Å². The Morgan fingerprint density at radius 1 is 1.43 bits per heavy atom. The molecule has 0 radical (unpaired) electrons. The second-order valence-electron chi connectivity index (χ2n) is 5.31. The molecule has 0 bridgehead atoms. The molecule has 0 aliphatic rings. The van der Waals surface area contributed by atoms with Crippen molar-refractivity contribution in [3.8, 4) is 0 Å². The van der Waals surface area contributed by atoms with Gasteiger partial charge in [0.25, 0.3) is 0 Å². The molecule has 0 amide bonds. The van der Waals surface area contributed by atoms with Crippen molar-refractivity contribution in [2.45, 2.75) is 33.0 Å². The Bertz CT molecular complexity index is 698. The van der Waals surface area contributed by atoms with E-state index in [1.165, 1.54) is 5.69 Å². The number of imidazole rings is 1. The molecule has 0 spiro atoms. The fraction of sp³-hybridized carbons (Fsp3) is 0.429. The first kappa shape index (κ1) is 14.5. The molecule has 0 aliphatic heterocycles. The zero-order chi connectivity index (χ0) is 14.8. The Balaban J connectivity index is 1.88. The van der Waals surface area contributed by atoms with Crippen molar-refractivity contribution >= 4 is 33.5 Å². The van der Waals surface area contributed by atoms with E-state index >= 15 is 0 Å². The Kier molecular flexibility index (Phi) is 4.23. The van der Waals surface area contributed by atoms with Crippen molar-refractivity contribution in [3.63, 3.8) is 0 Å². The molecule has 1 N–H and O–H groups in total.